The van der Waals surface area contributed by atoms with Crippen LogP contribution in [0.1, 0.15) is 18.0 Å². The summed E-state index contributed by atoms with van der Waals surface area (Å²) in [5.74, 6) is 0.391. The van der Waals surface area contributed by atoms with Crippen LogP contribution in [0.2, 0.25) is 5.02 Å². The molecule has 17 heavy (non-hydrogen) atoms. The highest BCUT2D eigenvalue weighted by Crippen LogP contribution is 2.42. The Hall–Kier alpha value is -0.770. The summed E-state index contributed by atoms with van der Waals surface area (Å²) in [5, 5.41) is 0.772. The second kappa shape index (κ2) is 4.16. The summed E-state index contributed by atoms with van der Waals surface area (Å²) in [5.41, 5.74) is 8.72. The molecular formula is C13H17ClN2O. The Morgan fingerprint density at radius 1 is 1.47 bits per heavy atom. The molecule has 0 bridgehead atoms. The number of nitrogens with two attached hydrogens (primary N) is 1. The first kappa shape index (κ1) is 11.3. The Bertz CT molecular complexity index is 437. The van der Waals surface area contributed by atoms with Crippen LogP contribution in [0.25, 0.3) is 0 Å². The molecule has 92 valence electrons. The van der Waals surface area contributed by atoms with Crippen molar-refractivity contribution in [2.24, 2.45) is 11.7 Å². The van der Waals surface area contributed by atoms with Crippen LogP contribution in [-0.2, 0) is 4.74 Å². The summed E-state index contributed by atoms with van der Waals surface area (Å²) in [7, 11) is 2.13. The summed E-state index contributed by atoms with van der Waals surface area (Å²) in [6, 6.07) is 6.51. The lowest BCUT2D eigenvalue weighted by molar-refractivity contribution is 0.0272. The minimum absolute atomic E-state index is 0.0590. The van der Waals surface area contributed by atoms with Gasteiger partial charge in [0.25, 0.3) is 0 Å². The molecule has 2 heterocycles. The average Bonchev–Trinajstić information content (AvgIpc) is 2.36. The molecule has 0 amide bonds. The molecule has 2 N–H and O–H groups in total. The van der Waals surface area contributed by atoms with Gasteiger partial charge in [-0.3, -0.25) is 0 Å². The Labute approximate surface area is 106 Å². The summed E-state index contributed by atoms with van der Waals surface area (Å²) in [4.78, 5) is 2.32. The topological polar surface area (TPSA) is 38.5 Å². The summed E-state index contributed by atoms with van der Waals surface area (Å²) in [6.45, 7) is 1.59. The Morgan fingerprint density at radius 3 is 3.12 bits per heavy atom. The Balaban J connectivity index is 2.07. The lowest BCUT2D eigenvalue weighted by Gasteiger charge is -2.47. The highest BCUT2D eigenvalue weighted by atomic mass is 35.5. The van der Waals surface area contributed by atoms with Gasteiger partial charge in [0.1, 0.15) is 0 Å². The summed E-state index contributed by atoms with van der Waals surface area (Å²) < 4.78 is 5.56. The van der Waals surface area contributed by atoms with Gasteiger partial charge in [-0.1, -0.05) is 17.7 Å². The monoisotopic (exact) mass is 252 g/mol. The number of rotatable bonds is 0. The SMILES string of the molecule is CN1c2cc(Cl)ccc2C(N)C2COCCC21. The van der Waals surface area contributed by atoms with Gasteiger partial charge in [-0.15, -0.1) is 0 Å². The largest absolute Gasteiger partial charge is 0.381 e. The first-order chi connectivity index (χ1) is 8.18. The van der Waals surface area contributed by atoms with Crippen molar-refractivity contribution in [3.8, 4) is 0 Å². The third kappa shape index (κ3) is 1.73. The Kier molecular flexibility index (Phi) is 2.77. The number of hydrogen-bond acceptors (Lipinski definition) is 3. The van der Waals surface area contributed by atoms with Gasteiger partial charge >= 0.3 is 0 Å². The van der Waals surface area contributed by atoms with E-state index in [1.54, 1.807) is 0 Å². The predicted octanol–water partition coefficient (Wildman–Crippen LogP) is 2.19. The number of ether oxygens (including phenoxy) is 1. The standard InChI is InChI=1S/C13H17ClN2O/c1-16-11-4-5-17-7-10(11)13(15)9-3-2-8(14)6-12(9)16/h2-3,6,10-11,13H,4-5,7,15H2,1H3. The highest BCUT2D eigenvalue weighted by molar-refractivity contribution is 6.30. The molecule has 0 aromatic heterocycles. The van der Waals surface area contributed by atoms with Gasteiger partial charge < -0.3 is 15.4 Å². The molecule has 1 fully saturated rings. The van der Waals surface area contributed by atoms with Crippen molar-refractivity contribution in [3.63, 3.8) is 0 Å². The van der Waals surface area contributed by atoms with Crippen LogP contribution >= 0.6 is 11.6 Å². The van der Waals surface area contributed by atoms with E-state index in [4.69, 9.17) is 22.1 Å². The Morgan fingerprint density at radius 2 is 2.29 bits per heavy atom. The van der Waals surface area contributed by atoms with Crippen LogP contribution in [0.3, 0.4) is 0 Å². The quantitative estimate of drug-likeness (QED) is 0.769. The van der Waals surface area contributed by atoms with Crippen molar-refractivity contribution in [1.29, 1.82) is 0 Å². The summed E-state index contributed by atoms with van der Waals surface area (Å²) >= 11 is 6.07. The molecule has 3 nitrogen and oxygen atoms in total. The molecule has 0 saturated carbocycles. The minimum Gasteiger partial charge on any atom is -0.381 e. The average molecular weight is 253 g/mol. The van der Waals surface area contributed by atoms with E-state index in [0.717, 1.165) is 24.7 Å². The molecule has 3 rings (SSSR count). The van der Waals surface area contributed by atoms with Crippen molar-refractivity contribution in [2.75, 3.05) is 25.2 Å². The molecule has 0 spiro atoms. The van der Waals surface area contributed by atoms with E-state index in [2.05, 4.69) is 11.9 Å². The van der Waals surface area contributed by atoms with E-state index < -0.39 is 0 Å². The van der Waals surface area contributed by atoms with Crippen molar-refractivity contribution >= 4 is 17.3 Å². The van der Waals surface area contributed by atoms with Crippen LogP contribution in [0.15, 0.2) is 18.2 Å². The molecule has 1 aromatic carbocycles. The number of hydrogen-bond donors (Lipinski definition) is 1. The molecule has 3 atom stereocenters. The van der Waals surface area contributed by atoms with Crippen LogP contribution in [0, 0.1) is 5.92 Å². The fourth-order valence-electron chi connectivity index (χ4n) is 3.09. The van der Waals surface area contributed by atoms with Crippen LogP contribution in [0.5, 0.6) is 0 Å². The van der Waals surface area contributed by atoms with Crippen LogP contribution < -0.4 is 10.6 Å². The van der Waals surface area contributed by atoms with Gasteiger partial charge in [0.2, 0.25) is 0 Å². The van der Waals surface area contributed by atoms with Gasteiger partial charge in [0.05, 0.1) is 6.61 Å². The fourth-order valence-corrected chi connectivity index (χ4v) is 3.25. The van der Waals surface area contributed by atoms with Gasteiger partial charge in [-0.2, -0.15) is 0 Å². The molecular weight excluding hydrogens is 236 g/mol. The smallest absolute Gasteiger partial charge is 0.0532 e. The number of benzene rings is 1. The van der Waals surface area contributed by atoms with E-state index in [-0.39, 0.29) is 6.04 Å². The third-order valence-corrected chi connectivity index (χ3v) is 4.29. The third-order valence-electron chi connectivity index (χ3n) is 4.05. The lowest BCUT2D eigenvalue weighted by Crippen LogP contribution is -2.51. The second-order valence-electron chi connectivity index (χ2n) is 4.93. The van der Waals surface area contributed by atoms with Crippen molar-refractivity contribution in [1.82, 2.24) is 0 Å². The number of nitrogens with zero attached hydrogens (tertiary/aromatic N) is 1. The minimum atomic E-state index is 0.0590. The first-order valence-electron chi connectivity index (χ1n) is 6.04. The molecule has 0 aliphatic carbocycles. The maximum absolute atomic E-state index is 6.36. The van der Waals surface area contributed by atoms with Gasteiger partial charge in [0, 0.05) is 42.4 Å². The molecule has 1 aromatic rings. The zero-order chi connectivity index (χ0) is 12.0. The maximum atomic E-state index is 6.36. The molecule has 2 aliphatic rings. The van der Waals surface area contributed by atoms with E-state index in [0.29, 0.717) is 12.0 Å². The second-order valence-corrected chi connectivity index (χ2v) is 5.37. The van der Waals surface area contributed by atoms with Crippen molar-refractivity contribution in [2.45, 2.75) is 18.5 Å². The van der Waals surface area contributed by atoms with Gasteiger partial charge in [-0.05, 0) is 24.1 Å². The molecule has 4 heteroatoms. The van der Waals surface area contributed by atoms with E-state index in [1.807, 2.05) is 18.2 Å². The number of anilines is 1. The first-order valence-corrected chi connectivity index (χ1v) is 6.42. The molecule has 0 radical (unpaired) electrons. The van der Waals surface area contributed by atoms with Crippen LogP contribution in [0.4, 0.5) is 5.69 Å². The van der Waals surface area contributed by atoms with E-state index in [9.17, 15) is 0 Å². The van der Waals surface area contributed by atoms with Gasteiger partial charge in [-0.25, -0.2) is 0 Å². The fraction of sp³-hybridized carbons (Fsp3) is 0.538. The lowest BCUT2D eigenvalue weighted by atomic mass is 9.80. The normalized spacial score (nSPS) is 31.9. The number of halogens is 1. The van der Waals surface area contributed by atoms with E-state index >= 15 is 0 Å². The van der Waals surface area contributed by atoms with Crippen molar-refractivity contribution < 1.29 is 4.74 Å². The van der Waals surface area contributed by atoms with Gasteiger partial charge in [0.15, 0.2) is 0 Å². The molecule has 3 unspecified atom stereocenters. The number of fused-ring (bicyclic) bond motifs is 2. The molecule has 2 aliphatic heterocycles. The van der Waals surface area contributed by atoms with Crippen molar-refractivity contribution in [3.05, 3.63) is 28.8 Å². The zero-order valence-electron chi connectivity index (χ0n) is 9.90. The predicted molar refractivity (Wildman–Crippen MR) is 69.5 cm³/mol. The molecule has 1 saturated heterocycles. The highest BCUT2D eigenvalue weighted by Gasteiger charge is 2.39. The summed E-state index contributed by atoms with van der Waals surface area (Å²) in [6.07, 6.45) is 1.04. The van der Waals surface area contributed by atoms with E-state index in [1.165, 1.54) is 11.3 Å². The maximum Gasteiger partial charge on any atom is 0.0532 e. The zero-order valence-corrected chi connectivity index (χ0v) is 10.7. The van der Waals surface area contributed by atoms with Crippen LogP contribution in [-0.4, -0.2) is 26.3 Å².